The van der Waals surface area contributed by atoms with Crippen molar-refractivity contribution in [3.63, 3.8) is 0 Å². The molecular formula is C17H27N3O3. The van der Waals surface area contributed by atoms with Gasteiger partial charge in [-0.3, -0.25) is 4.90 Å². The number of carbonyl (C=O) groups is 1. The van der Waals surface area contributed by atoms with Crippen LogP contribution >= 0.6 is 0 Å². The van der Waals surface area contributed by atoms with Gasteiger partial charge in [-0.25, -0.2) is 4.79 Å². The fraction of sp³-hybridized carbons (Fsp3) is 0.588. The summed E-state index contributed by atoms with van der Waals surface area (Å²) in [6.07, 6.45) is 0.0670. The maximum absolute atomic E-state index is 12.4. The fourth-order valence-corrected chi connectivity index (χ4v) is 2.52. The first kappa shape index (κ1) is 17.6. The highest BCUT2D eigenvalue weighted by Gasteiger charge is 2.21. The van der Waals surface area contributed by atoms with Crippen molar-refractivity contribution in [3.05, 3.63) is 24.3 Å². The average Bonchev–Trinajstić information content (AvgIpc) is 2.54. The number of carbonyl (C=O) groups excluding carboxylic acids is 1. The molecular weight excluding hydrogens is 294 g/mol. The molecule has 0 bridgehead atoms. The molecule has 1 heterocycles. The Hall–Kier alpha value is -1.79. The lowest BCUT2D eigenvalue weighted by atomic mass is 10.3. The number of nitrogens with one attached hydrogen (secondary N) is 1. The second-order valence-electron chi connectivity index (χ2n) is 5.91. The lowest BCUT2D eigenvalue weighted by Gasteiger charge is -2.34. The molecule has 1 fully saturated rings. The van der Waals surface area contributed by atoms with Crippen molar-refractivity contribution >= 4 is 11.7 Å². The number of methoxy groups -OCH3 is 1. The van der Waals surface area contributed by atoms with Gasteiger partial charge in [0.25, 0.3) is 0 Å². The summed E-state index contributed by atoms with van der Waals surface area (Å²) < 4.78 is 10.8. The summed E-state index contributed by atoms with van der Waals surface area (Å²) in [5, 5.41) is 2.96. The molecule has 0 saturated carbocycles. The van der Waals surface area contributed by atoms with Crippen LogP contribution in [0.4, 0.5) is 10.5 Å². The molecule has 0 aliphatic carbocycles. The third-order valence-corrected chi connectivity index (χ3v) is 3.76. The van der Waals surface area contributed by atoms with E-state index in [4.69, 9.17) is 9.47 Å². The Morgan fingerprint density at radius 3 is 2.57 bits per heavy atom. The summed E-state index contributed by atoms with van der Waals surface area (Å²) in [7, 11) is 1.71. The number of amides is 2. The van der Waals surface area contributed by atoms with E-state index in [-0.39, 0.29) is 12.1 Å². The van der Waals surface area contributed by atoms with Crippen LogP contribution in [0.3, 0.4) is 0 Å². The summed E-state index contributed by atoms with van der Waals surface area (Å²) in [5.74, 6) is 0.703. The molecule has 1 aromatic carbocycles. The average molecular weight is 321 g/mol. The Labute approximate surface area is 138 Å². The molecule has 0 radical (unpaired) electrons. The van der Waals surface area contributed by atoms with Crippen molar-refractivity contribution in [2.45, 2.75) is 20.0 Å². The number of rotatable bonds is 6. The highest BCUT2D eigenvalue weighted by molar-refractivity contribution is 5.91. The summed E-state index contributed by atoms with van der Waals surface area (Å²) in [6, 6.07) is 7.46. The lowest BCUT2D eigenvalue weighted by molar-refractivity contribution is 0.109. The normalized spacial score (nSPS) is 15.7. The minimum Gasteiger partial charge on any atom is -0.489 e. The number of piperazine rings is 1. The molecule has 2 amide bonds. The van der Waals surface area contributed by atoms with Gasteiger partial charge in [-0.2, -0.15) is 0 Å². The third kappa shape index (κ3) is 5.41. The zero-order valence-corrected chi connectivity index (χ0v) is 14.2. The number of benzene rings is 1. The summed E-state index contributed by atoms with van der Waals surface area (Å²) in [4.78, 5) is 16.6. The molecule has 0 unspecified atom stereocenters. The van der Waals surface area contributed by atoms with E-state index < -0.39 is 0 Å². The molecule has 6 nitrogen and oxygen atoms in total. The molecule has 0 spiro atoms. The molecule has 128 valence electrons. The molecule has 1 saturated heterocycles. The molecule has 2 rings (SSSR count). The van der Waals surface area contributed by atoms with Crippen LogP contribution in [0.25, 0.3) is 0 Å². The van der Waals surface area contributed by atoms with Gasteiger partial charge < -0.3 is 19.7 Å². The first-order valence-corrected chi connectivity index (χ1v) is 8.13. The molecule has 1 aromatic rings. The molecule has 1 N–H and O–H groups in total. The van der Waals surface area contributed by atoms with Gasteiger partial charge in [-0.05, 0) is 26.0 Å². The minimum absolute atomic E-state index is 0.0670. The number of anilines is 1. The van der Waals surface area contributed by atoms with Crippen molar-refractivity contribution in [2.75, 3.05) is 51.8 Å². The Morgan fingerprint density at radius 2 is 1.91 bits per heavy atom. The molecule has 23 heavy (non-hydrogen) atoms. The molecule has 1 aliphatic rings. The quantitative estimate of drug-likeness (QED) is 0.873. The Morgan fingerprint density at radius 1 is 1.22 bits per heavy atom. The van der Waals surface area contributed by atoms with E-state index in [0.717, 1.165) is 39.3 Å². The highest BCUT2D eigenvalue weighted by Crippen LogP contribution is 2.25. The number of nitrogens with zero attached hydrogens (tertiary/aromatic N) is 2. The predicted molar refractivity (Wildman–Crippen MR) is 91.1 cm³/mol. The van der Waals surface area contributed by atoms with Crippen LogP contribution in [0.15, 0.2) is 24.3 Å². The second kappa shape index (κ2) is 8.74. The zero-order chi connectivity index (χ0) is 16.7. The van der Waals surface area contributed by atoms with Crippen molar-refractivity contribution in [3.8, 4) is 5.75 Å². The number of urea groups is 1. The maximum Gasteiger partial charge on any atom is 0.322 e. The summed E-state index contributed by atoms with van der Waals surface area (Å²) in [6.45, 7) is 8.78. The molecule has 0 aromatic heterocycles. The minimum atomic E-state index is -0.0730. The van der Waals surface area contributed by atoms with E-state index in [1.54, 1.807) is 7.11 Å². The van der Waals surface area contributed by atoms with Crippen LogP contribution in [0, 0.1) is 0 Å². The van der Waals surface area contributed by atoms with Crippen LogP contribution in [-0.4, -0.2) is 68.4 Å². The van der Waals surface area contributed by atoms with Gasteiger partial charge >= 0.3 is 6.03 Å². The van der Waals surface area contributed by atoms with Crippen molar-refractivity contribution in [1.82, 2.24) is 9.80 Å². The van der Waals surface area contributed by atoms with Gasteiger partial charge in [-0.15, -0.1) is 0 Å². The van der Waals surface area contributed by atoms with Gasteiger partial charge in [-0.1, -0.05) is 12.1 Å². The third-order valence-electron chi connectivity index (χ3n) is 3.76. The first-order chi connectivity index (χ1) is 11.1. The Bertz CT molecular complexity index is 500. The van der Waals surface area contributed by atoms with Crippen LogP contribution in [0.1, 0.15) is 13.8 Å². The monoisotopic (exact) mass is 321 g/mol. The van der Waals surface area contributed by atoms with E-state index in [2.05, 4.69) is 10.2 Å². The van der Waals surface area contributed by atoms with E-state index in [9.17, 15) is 4.79 Å². The van der Waals surface area contributed by atoms with Crippen LogP contribution in [-0.2, 0) is 4.74 Å². The van der Waals surface area contributed by atoms with Gasteiger partial charge in [0.15, 0.2) is 0 Å². The van der Waals surface area contributed by atoms with E-state index in [1.807, 2.05) is 43.0 Å². The van der Waals surface area contributed by atoms with Crippen molar-refractivity contribution in [2.24, 2.45) is 0 Å². The number of ether oxygens (including phenoxy) is 2. The Kier molecular flexibility index (Phi) is 6.67. The second-order valence-corrected chi connectivity index (χ2v) is 5.91. The SMILES string of the molecule is COCCN1CCN(C(=O)Nc2ccccc2OC(C)C)CC1. The zero-order valence-electron chi connectivity index (χ0n) is 14.2. The van der Waals surface area contributed by atoms with E-state index in [1.165, 1.54) is 0 Å². The number of hydrogen-bond acceptors (Lipinski definition) is 4. The van der Waals surface area contributed by atoms with Crippen molar-refractivity contribution in [1.29, 1.82) is 0 Å². The van der Waals surface area contributed by atoms with Gasteiger partial charge in [0.1, 0.15) is 5.75 Å². The van der Waals surface area contributed by atoms with Gasteiger partial charge in [0, 0.05) is 39.8 Å². The lowest BCUT2D eigenvalue weighted by Crippen LogP contribution is -2.50. The fourth-order valence-electron chi connectivity index (χ4n) is 2.52. The smallest absolute Gasteiger partial charge is 0.322 e. The highest BCUT2D eigenvalue weighted by atomic mass is 16.5. The maximum atomic E-state index is 12.4. The first-order valence-electron chi connectivity index (χ1n) is 8.13. The molecule has 0 atom stereocenters. The van der Waals surface area contributed by atoms with Gasteiger partial charge in [0.2, 0.25) is 0 Å². The summed E-state index contributed by atoms with van der Waals surface area (Å²) >= 11 is 0. The molecule has 6 heteroatoms. The number of hydrogen-bond donors (Lipinski definition) is 1. The largest absolute Gasteiger partial charge is 0.489 e. The number of para-hydroxylation sites is 2. The van der Waals surface area contributed by atoms with E-state index in [0.29, 0.717) is 11.4 Å². The van der Waals surface area contributed by atoms with Crippen LogP contribution in [0.5, 0.6) is 5.75 Å². The standard InChI is InChI=1S/C17H27N3O3/c1-14(2)23-16-7-5-4-6-15(16)18-17(21)20-10-8-19(9-11-20)12-13-22-3/h4-7,14H,8-13H2,1-3H3,(H,18,21). The van der Waals surface area contributed by atoms with E-state index >= 15 is 0 Å². The van der Waals surface area contributed by atoms with Crippen LogP contribution in [0.2, 0.25) is 0 Å². The van der Waals surface area contributed by atoms with Crippen molar-refractivity contribution < 1.29 is 14.3 Å². The topological polar surface area (TPSA) is 54.0 Å². The Balaban J connectivity index is 1.88. The predicted octanol–water partition coefficient (Wildman–Crippen LogP) is 2.27. The van der Waals surface area contributed by atoms with Gasteiger partial charge in [0.05, 0.1) is 18.4 Å². The van der Waals surface area contributed by atoms with Crippen LogP contribution < -0.4 is 10.1 Å². The molecule has 1 aliphatic heterocycles. The summed E-state index contributed by atoms with van der Waals surface area (Å²) in [5.41, 5.74) is 0.716.